The van der Waals surface area contributed by atoms with E-state index in [4.69, 9.17) is 0 Å². The van der Waals surface area contributed by atoms with E-state index in [1.54, 1.807) is 0 Å². The van der Waals surface area contributed by atoms with Crippen LogP contribution in [0, 0.1) is 0 Å². The van der Waals surface area contributed by atoms with Gasteiger partial charge in [-0.15, -0.1) is 0 Å². The van der Waals surface area contributed by atoms with Crippen molar-refractivity contribution in [3.8, 4) is 0 Å². The molecule has 0 fully saturated rings. The van der Waals surface area contributed by atoms with E-state index < -0.39 is 0 Å². The molecule has 0 radical (unpaired) electrons. The zero-order valence-corrected chi connectivity index (χ0v) is 7.38. The first-order valence-corrected chi connectivity index (χ1v) is 3.19. The van der Waals surface area contributed by atoms with E-state index in [0.717, 1.165) is 5.39 Å². The molecule has 10 heavy (non-hydrogen) atoms. The quantitative estimate of drug-likeness (QED) is 0.570. The third-order valence-corrected chi connectivity index (χ3v) is 0.447. The molecule has 0 amide bonds. The van der Waals surface area contributed by atoms with Gasteiger partial charge in [-0.2, -0.15) is 0 Å². The highest BCUT2D eigenvalue weighted by atomic mass is 17.2. The molecule has 0 aromatic rings. The highest BCUT2D eigenvalue weighted by molar-refractivity contribution is 3.92. The maximum Gasteiger partial charge on any atom is 0.0758 e. The lowest BCUT2D eigenvalue weighted by Gasteiger charge is -2.10. The first kappa shape index (κ1) is 12.5. The molecule has 0 saturated carbocycles. The molecule has 0 aliphatic rings. The summed E-state index contributed by atoms with van der Waals surface area (Å²) in [6, 6.07) is 0. The van der Waals surface area contributed by atoms with Crippen LogP contribution in [-0.2, 0) is 14.5 Å². The Morgan fingerprint density at radius 3 is 1.10 bits per heavy atom. The molecular weight excluding hydrogens is 134 g/mol. The number of hydrogen-bond donors (Lipinski definition) is 0. The molecule has 64 valence electrons. The van der Waals surface area contributed by atoms with Gasteiger partial charge < -0.3 is 0 Å². The van der Waals surface area contributed by atoms with Crippen LogP contribution >= 0.6 is 0 Å². The molecule has 4 nitrogen and oxygen atoms in total. The van der Waals surface area contributed by atoms with Crippen LogP contribution in [0.1, 0.15) is 20.3 Å². The largest absolute Gasteiger partial charge is 0.254 e. The summed E-state index contributed by atoms with van der Waals surface area (Å²) in [5, 5.41) is 0.875. The summed E-state index contributed by atoms with van der Waals surface area (Å²) in [4.78, 5) is 13.3. The van der Waals surface area contributed by atoms with Crippen LogP contribution in [0.5, 0.6) is 0 Å². The second kappa shape index (κ2) is 11.6. The van der Waals surface area contributed by atoms with Gasteiger partial charge >= 0.3 is 0 Å². The van der Waals surface area contributed by atoms with Gasteiger partial charge in [0.25, 0.3) is 0 Å². The highest BCUT2D eigenvalue weighted by Crippen LogP contribution is 1.83. The van der Waals surface area contributed by atoms with E-state index >= 15 is 0 Å². The van der Waals surface area contributed by atoms with Crippen LogP contribution in [0.2, 0.25) is 0 Å². The Morgan fingerprint density at radius 1 is 0.900 bits per heavy atom. The third kappa shape index (κ3) is 10.8. The Kier molecular flexibility index (Phi) is 14.5. The molecule has 0 N–H and O–H groups in total. The molecule has 0 heterocycles. The van der Waals surface area contributed by atoms with Gasteiger partial charge in [-0.05, 0) is 0 Å². The molecule has 0 rings (SSSR count). The predicted molar refractivity (Wildman–Crippen MR) is 38.8 cm³/mol. The van der Waals surface area contributed by atoms with Crippen molar-refractivity contribution < 1.29 is 14.5 Å². The molecule has 0 bridgehead atoms. The lowest BCUT2D eigenvalue weighted by molar-refractivity contribution is -0.502. The average molecular weight is 151 g/mol. The van der Waals surface area contributed by atoms with Gasteiger partial charge in [0.15, 0.2) is 0 Å². The number of hydrogen-bond acceptors (Lipinski definition) is 4. The summed E-state index contributed by atoms with van der Waals surface area (Å²) in [5.74, 6) is 0. The van der Waals surface area contributed by atoms with Crippen molar-refractivity contribution in [2.75, 3.05) is 21.3 Å². The van der Waals surface area contributed by atoms with E-state index in [-0.39, 0.29) is 0 Å². The zero-order chi connectivity index (χ0) is 8.41. The summed E-state index contributed by atoms with van der Waals surface area (Å²) < 4.78 is 0. The molecule has 4 heteroatoms. The smallest absolute Gasteiger partial charge is 0.0758 e. The van der Waals surface area contributed by atoms with Crippen molar-refractivity contribution in [1.29, 1.82) is 0 Å². The predicted octanol–water partition coefficient (Wildman–Crippen LogP) is 1.39. The van der Waals surface area contributed by atoms with Crippen molar-refractivity contribution in [1.82, 2.24) is 5.39 Å². The summed E-state index contributed by atoms with van der Waals surface area (Å²) in [6.07, 6.45) is 1.25. The fraction of sp³-hybridized carbons (Fsp3) is 1.00. The van der Waals surface area contributed by atoms with Crippen LogP contribution in [0.3, 0.4) is 0 Å². The van der Waals surface area contributed by atoms with Gasteiger partial charge in [-0.25, -0.2) is 0 Å². The fourth-order valence-corrected chi connectivity index (χ4v) is 0.224. The first-order chi connectivity index (χ1) is 4.76. The Morgan fingerprint density at radius 2 is 1.10 bits per heavy atom. The molecule has 0 aromatic heterocycles. The first-order valence-electron chi connectivity index (χ1n) is 3.19. The van der Waals surface area contributed by atoms with Gasteiger partial charge in [0, 0.05) is 0 Å². The second-order valence-electron chi connectivity index (χ2n) is 1.48. The van der Waals surface area contributed by atoms with Crippen molar-refractivity contribution >= 4 is 0 Å². The van der Waals surface area contributed by atoms with Crippen LogP contribution in [0.4, 0.5) is 0 Å². The van der Waals surface area contributed by atoms with Gasteiger partial charge in [-0.3, -0.25) is 14.5 Å². The average Bonchev–Trinajstić information content (AvgIpc) is 1.93. The summed E-state index contributed by atoms with van der Waals surface area (Å²) in [5.41, 5.74) is 0. The van der Waals surface area contributed by atoms with Crippen LogP contribution in [-0.4, -0.2) is 26.7 Å². The molecular formula is C6H17NO3. The minimum Gasteiger partial charge on any atom is -0.254 e. The maximum absolute atomic E-state index is 4.44. The van der Waals surface area contributed by atoms with Crippen LogP contribution < -0.4 is 0 Å². The van der Waals surface area contributed by atoms with Gasteiger partial charge in [0.05, 0.1) is 26.7 Å². The fourth-order valence-electron chi connectivity index (χ4n) is 0.224. The minimum absolute atomic E-state index is 0.875. The van der Waals surface area contributed by atoms with Crippen LogP contribution in [0.15, 0.2) is 0 Å². The lowest BCUT2D eigenvalue weighted by atomic mass is 10.6. The van der Waals surface area contributed by atoms with Crippen LogP contribution in [0.25, 0.3) is 0 Å². The Balaban J connectivity index is 0. The Labute approximate surface area is 62.5 Å². The molecule has 0 spiro atoms. The maximum atomic E-state index is 4.44. The summed E-state index contributed by atoms with van der Waals surface area (Å²) in [7, 11) is 4.31. The molecule has 0 saturated heterocycles. The van der Waals surface area contributed by atoms with Crippen molar-refractivity contribution in [2.24, 2.45) is 0 Å². The van der Waals surface area contributed by atoms with E-state index in [0.29, 0.717) is 0 Å². The lowest BCUT2D eigenvalue weighted by Crippen LogP contribution is -2.18. The normalized spacial score (nSPS) is 9.00. The van der Waals surface area contributed by atoms with E-state index in [1.807, 2.05) is 0 Å². The molecule has 0 atom stereocenters. The topological polar surface area (TPSA) is 30.9 Å². The van der Waals surface area contributed by atoms with Crippen molar-refractivity contribution in [3.05, 3.63) is 0 Å². The highest BCUT2D eigenvalue weighted by Gasteiger charge is 1.92. The van der Waals surface area contributed by atoms with Gasteiger partial charge in [0.1, 0.15) is 0 Å². The van der Waals surface area contributed by atoms with Crippen molar-refractivity contribution in [2.45, 2.75) is 20.3 Å². The minimum atomic E-state index is 0.875. The van der Waals surface area contributed by atoms with E-state index in [2.05, 4.69) is 28.4 Å². The molecule has 0 unspecified atom stereocenters. The van der Waals surface area contributed by atoms with E-state index in [1.165, 1.54) is 27.8 Å². The Bertz CT molecular complexity index is 42.7. The monoisotopic (exact) mass is 151 g/mol. The van der Waals surface area contributed by atoms with E-state index in [9.17, 15) is 0 Å². The molecule has 0 aliphatic carbocycles. The summed E-state index contributed by atoms with van der Waals surface area (Å²) in [6.45, 7) is 4.25. The second-order valence-corrected chi connectivity index (χ2v) is 1.48. The molecule has 0 aromatic carbocycles. The van der Waals surface area contributed by atoms with Crippen molar-refractivity contribution in [3.63, 3.8) is 0 Å². The summed E-state index contributed by atoms with van der Waals surface area (Å²) >= 11 is 0. The van der Waals surface area contributed by atoms with Gasteiger partial charge in [-0.1, -0.05) is 20.3 Å². The zero-order valence-electron chi connectivity index (χ0n) is 7.38. The SMILES string of the molecule is CCC.CON(OC)OC. The van der Waals surface area contributed by atoms with Gasteiger partial charge in [0.2, 0.25) is 0 Å². The number of rotatable bonds is 3. The number of nitrogens with zero attached hydrogens (tertiary/aromatic N) is 1. The Hall–Kier alpha value is -0.160. The third-order valence-electron chi connectivity index (χ3n) is 0.447. The molecule has 0 aliphatic heterocycles. The standard InChI is InChI=1S/C3H9NO3.C3H8/c1-5-4(6-2)7-3;1-3-2/h1-3H3;3H2,1-2H3.